The zero-order valence-corrected chi connectivity index (χ0v) is 29.4. The second kappa shape index (κ2) is 14.4. The Morgan fingerprint density at radius 1 is 1.00 bits per heavy atom. The van der Waals surface area contributed by atoms with Gasteiger partial charge in [-0.15, -0.1) is 0 Å². The number of fused-ring (bicyclic) bond motifs is 1. The molecule has 2 atom stereocenters. The Kier molecular flexibility index (Phi) is 10.3. The molecule has 1 amide bonds. The van der Waals surface area contributed by atoms with Crippen LogP contribution in [-0.4, -0.2) is 45.6 Å². The van der Waals surface area contributed by atoms with E-state index in [1.54, 1.807) is 0 Å². The number of hydrogen-bond donors (Lipinski definition) is 2. The Morgan fingerprint density at radius 2 is 1.68 bits per heavy atom. The van der Waals surface area contributed by atoms with E-state index in [0.717, 1.165) is 64.5 Å². The van der Waals surface area contributed by atoms with Gasteiger partial charge in [0.05, 0.1) is 18.0 Å². The number of pyridine rings is 1. The fourth-order valence-electron chi connectivity index (χ4n) is 8.28. The molecule has 2 aromatic carbocycles. The van der Waals surface area contributed by atoms with Crippen LogP contribution in [0.3, 0.4) is 0 Å². The minimum atomic E-state index is -4.72. The molecule has 50 heavy (non-hydrogen) atoms. The second-order valence-electron chi connectivity index (χ2n) is 15.1. The van der Waals surface area contributed by atoms with Gasteiger partial charge in [-0.1, -0.05) is 38.1 Å². The number of carbonyl (C=O) groups is 2. The van der Waals surface area contributed by atoms with Gasteiger partial charge < -0.3 is 19.9 Å². The Bertz CT molecular complexity index is 1800. The average Bonchev–Trinajstić information content (AvgIpc) is 3.79. The van der Waals surface area contributed by atoms with Crippen LogP contribution in [0.1, 0.15) is 116 Å². The number of nitrogens with one attached hydrogen (secondary N) is 1. The summed E-state index contributed by atoms with van der Waals surface area (Å²) < 4.78 is 44.3. The number of hydrogen-bond acceptors (Lipinski definition) is 4. The summed E-state index contributed by atoms with van der Waals surface area (Å²) in [6.45, 7) is 9.27. The number of amides is 1. The molecule has 7 nitrogen and oxygen atoms in total. The largest absolute Gasteiger partial charge is 0.481 e. The molecule has 2 N–H and O–H groups in total. The molecular formula is C40H48F3N3O4. The Labute approximate surface area is 291 Å². The monoisotopic (exact) mass is 691 g/mol. The molecule has 1 aliphatic heterocycles. The third-order valence-corrected chi connectivity index (χ3v) is 10.9. The van der Waals surface area contributed by atoms with E-state index in [2.05, 4.69) is 36.2 Å². The van der Waals surface area contributed by atoms with Gasteiger partial charge in [-0.3, -0.25) is 14.4 Å². The lowest BCUT2D eigenvalue weighted by Gasteiger charge is -2.34. The maximum absolute atomic E-state index is 14.4. The first kappa shape index (κ1) is 35.9. The Balaban J connectivity index is 1.37. The van der Waals surface area contributed by atoms with E-state index in [9.17, 15) is 32.7 Å². The van der Waals surface area contributed by atoms with Crippen molar-refractivity contribution >= 4 is 11.9 Å². The zero-order valence-electron chi connectivity index (χ0n) is 29.4. The number of aryl methyl sites for hydroxylation is 3. The van der Waals surface area contributed by atoms with Crippen LogP contribution >= 0.6 is 0 Å². The molecule has 2 unspecified atom stereocenters. The Morgan fingerprint density at radius 3 is 2.28 bits per heavy atom. The maximum atomic E-state index is 14.4. The normalized spacial score (nSPS) is 18.2. The third kappa shape index (κ3) is 7.70. The molecule has 2 fully saturated rings. The molecule has 0 radical (unpaired) electrons. The summed E-state index contributed by atoms with van der Waals surface area (Å²) in [5, 5.41) is 13.0. The molecule has 0 spiro atoms. The van der Waals surface area contributed by atoms with Crippen molar-refractivity contribution in [3.8, 4) is 11.1 Å². The van der Waals surface area contributed by atoms with E-state index in [4.69, 9.17) is 0 Å². The van der Waals surface area contributed by atoms with Crippen molar-refractivity contribution in [1.82, 2.24) is 14.8 Å². The third-order valence-electron chi connectivity index (χ3n) is 10.9. The van der Waals surface area contributed by atoms with Crippen molar-refractivity contribution in [3.63, 3.8) is 0 Å². The molecule has 2 aliphatic carbocycles. The smallest absolute Gasteiger partial charge is 0.416 e. The predicted molar refractivity (Wildman–Crippen MR) is 187 cm³/mol. The van der Waals surface area contributed by atoms with E-state index < -0.39 is 53.6 Å². The van der Waals surface area contributed by atoms with E-state index in [1.807, 2.05) is 32.0 Å². The number of carbonyl (C=O) groups excluding carboxylic acids is 1. The molecule has 6 rings (SSSR count). The molecule has 3 aliphatic rings. The number of aromatic nitrogens is 1. The number of benzene rings is 2. The minimum Gasteiger partial charge on any atom is -0.481 e. The molecule has 3 aromatic rings. The van der Waals surface area contributed by atoms with Crippen molar-refractivity contribution < 1.29 is 27.9 Å². The quantitative estimate of drug-likeness (QED) is 0.213. The predicted octanol–water partition coefficient (Wildman–Crippen LogP) is 7.90. The van der Waals surface area contributed by atoms with Gasteiger partial charge >= 0.3 is 12.1 Å². The van der Waals surface area contributed by atoms with Crippen LogP contribution in [0.25, 0.3) is 11.1 Å². The maximum Gasteiger partial charge on any atom is 0.416 e. The SMILES string of the molecule is Cc1cccc(C)c1-c1cc(C(CC(=O)O)NC(=O)C(CC(C)C)n2cc(C3CCN(C4CC4)CC3)c(C(F)(F)F)cc2=O)cc2c1CCC2. The number of carboxylic acids is 1. The Hall–Kier alpha value is -3.92. The van der Waals surface area contributed by atoms with Gasteiger partial charge in [0, 0.05) is 18.3 Å². The average molecular weight is 692 g/mol. The van der Waals surface area contributed by atoms with Gasteiger partial charge in [0.2, 0.25) is 5.91 Å². The lowest BCUT2D eigenvalue weighted by Crippen LogP contribution is -2.41. The standard InChI is InChI=1S/C40H48F3N3O4/c1-23(2)17-35(46-22-32(33(20-36(46)47)40(41,42)43)26-13-15-45(16-14-26)29-11-12-29)39(50)44-34(21-37(48)49)28-18-27-9-6-10-30(27)31(19-28)38-24(3)7-5-8-25(38)4/h5,7-8,18-20,22-23,26,29,34-35H,6,9-17,21H2,1-4H3,(H,44,50)(H,48,49). The number of rotatable bonds is 11. The van der Waals surface area contributed by atoms with E-state index in [-0.39, 0.29) is 17.9 Å². The number of likely N-dealkylation sites (tertiary alicyclic amines) is 1. The lowest BCUT2D eigenvalue weighted by molar-refractivity contribution is -0.139. The zero-order chi connectivity index (χ0) is 35.9. The first-order chi connectivity index (χ1) is 23.7. The summed E-state index contributed by atoms with van der Waals surface area (Å²) in [7, 11) is 0. The molecule has 0 bridgehead atoms. The van der Waals surface area contributed by atoms with Gasteiger partial charge in [-0.25, -0.2) is 0 Å². The molecule has 10 heteroatoms. The van der Waals surface area contributed by atoms with Gasteiger partial charge in [-0.2, -0.15) is 13.2 Å². The highest BCUT2D eigenvalue weighted by Crippen LogP contribution is 2.41. The van der Waals surface area contributed by atoms with Gasteiger partial charge in [0.15, 0.2) is 0 Å². The van der Waals surface area contributed by atoms with E-state index >= 15 is 0 Å². The molecule has 1 saturated carbocycles. The first-order valence-electron chi connectivity index (χ1n) is 18.0. The highest BCUT2D eigenvalue weighted by molar-refractivity contribution is 5.82. The minimum absolute atomic E-state index is 0.0491. The lowest BCUT2D eigenvalue weighted by atomic mass is 9.86. The van der Waals surface area contributed by atoms with Crippen molar-refractivity contribution in [2.45, 2.75) is 116 Å². The summed E-state index contributed by atoms with van der Waals surface area (Å²) in [4.78, 5) is 42.4. The van der Waals surface area contributed by atoms with Crippen LogP contribution in [-0.2, 0) is 28.6 Å². The van der Waals surface area contributed by atoms with Crippen LogP contribution < -0.4 is 10.9 Å². The number of aliphatic carboxylic acids is 1. The summed E-state index contributed by atoms with van der Waals surface area (Å²) in [5.74, 6) is -2.17. The summed E-state index contributed by atoms with van der Waals surface area (Å²) in [6.07, 6.45) is 2.40. The van der Waals surface area contributed by atoms with Gasteiger partial charge in [0.25, 0.3) is 5.56 Å². The highest BCUT2D eigenvalue weighted by Gasteiger charge is 2.40. The van der Waals surface area contributed by atoms with Crippen molar-refractivity contribution in [3.05, 3.63) is 91.9 Å². The van der Waals surface area contributed by atoms with Crippen molar-refractivity contribution in [2.75, 3.05) is 13.1 Å². The number of carboxylic acid groups (broad SMARTS) is 1. The second-order valence-corrected chi connectivity index (χ2v) is 15.1. The summed E-state index contributed by atoms with van der Waals surface area (Å²) in [6, 6.07) is 9.21. The van der Waals surface area contributed by atoms with Crippen LogP contribution in [0, 0.1) is 19.8 Å². The molecule has 1 saturated heterocycles. The van der Waals surface area contributed by atoms with Crippen LogP contribution in [0.5, 0.6) is 0 Å². The highest BCUT2D eigenvalue weighted by atomic mass is 19.4. The number of nitrogens with zero attached hydrogens (tertiary/aromatic N) is 2. The number of piperidine rings is 1. The molecule has 1 aromatic heterocycles. The first-order valence-corrected chi connectivity index (χ1v) is 18.0. The number of alkyl halides is 3. The van der Waals surface area contributed by atoms with Crippen LogP contribution in [0.15, 0.2) is 47.4 Å². The van der Waals surface area contributed by atoms with Gasteiger partial charge in [-0.05, 0) is 141 Å². The summed E-state index contributed by atoms with van der Waals surface area (Å²) in [5.41, 5.74) is 5.55. The van der Waals surface area contributed by atoms with Gasteiger partial charge in [0.1, 0.15) is 6.04 Å². The summed E-state index contributed by atoms with van der Waals surface area (Å²) >= 11 is 0. The fourth-order valence-corrected chi connectivity index (χ4v) is 8.28. The van der Waals surface area contributed by atoms with Crippen molar-refractivity contribution in [1.29, 1.82) is 0 Å². The molecule has 2 heterocycles. The van der Waals surface area contributed by atoms with Crippen LogP contribution in [0.2, 0.25) is 0 Å². The topological polar surface area (TPSA) is 91.6 Å². The van der Waals surface area contributed by atoms with Crippen molar-refractivity contribution in [2.24, 2.45) is 5.92 Å². The fraction of sp³-hybridized carbons (Fsp3) is 0.525. The van der Waals surface area contributed by atoms with E-state index in [1.165, 1.54) is 11.8 Å². The van der Waals surface area contributed by atoms with E-state index in [0.29, 0.717) is 43.6 Å². The number of halogens is 3. The molecular weight excluding hydrogens is 643 g/mol. The molecule has 268 valence electrons. The van der Waals surface area contributed by atoms with Crippen LogP contribution in [0.4, 0.5) is 13.2 Å².